The molecule has 0 heterocycles. The summed E-state index contributed by atoms with van der Waals surface area (Å²) in [5, 5.41) is 5.63. The van der Waals surface area contributed by atoms with Crippen molar-refractivity contribution in [2.24, 2.45) is 5.73 Å². The van der Waals surface area contributed by atoms with Crippen LogP contribution in [0.4, 0.5) is 5.69 Å². The second-order valence-corrected chi connectivity index (χ2v) is 4.48. The molecule has 4 nitrogen and oxygen atoms in total. The van der Waals surface area contributed by atoms with Crippen LogP contribution in [0.15, 0.2) is 24.3 Å². The van der Waals surface area contributed by atoms with Crippen molar-refractivity contribution in [1.29, 1.82) is 0 Å². The van der Waals surface area contributed by atoms with E-state index < -0.39 is 0 Å². The van der Waals surface area contributed by atoms with Crippen LogP contribution in [0.2, 0.25) is 0 Å². The largest absolute Gasteiger partial charge is 0.327 e. The molecule has 0 bridgehead atoms. The standard InChI is InChI=1S/C14H17N3O.2ClH/c1-2-7-16-9-14(18)17-11-5-3-10(4-6-11)12-8-13(12)15;;/h1,3-6,12-13,16H,7-9,15H2,(H,17,18);2*1H/t12-,13+;;/m0../s1. The third kappa shape index (κ3) is 5.40. The molecular formula is C14H19Cl2N3O. The summed E-state index contributed by atoms with van der Waals surface area (Å²) in [7, 11) is 0. The van der Waals surface area contributed by atoms with Crippen molar-refractivity contribution in [1.82, 2.24) is 5.32 Å². The van der Waals surface area contributed by atoms with Crippen molar-refractivity contribution in [3.63, 3.8) is 0 Å². The first-order valence-corrected chi connectivity index (χ1v) is 6.00. The fourth-order valence-corrected chi connectivity index (χ4v) is 1.86. The Kier molecular flexibility index (Phi) is 8.28. The van der Waals surface area contributed by atoms with Gasteiger partial charge in [0.15, 0.2) is 0 Å². The molecule has 1 saturated carbocycles. The average molecular weight is 316 g/mol. The highest BCUT2D eigenvalue weighted by Gasteiger charge is 2.34. The molecule has 1 fully saturated rings. The Hall–Kier alpha value is -1.25. The smallest absolute Gasteiger partial charge is 0.238 e. The summed E-state index contributed by atoms with van der Waals surface area (Å²) in [4.78, 5) is 11.5. The average Bonchev–Trinajstić information content (AvgIpc) is 3.08. The summed E-state index contributed by atoms with van der Waals surface area (Å²) in [5.41, 5.74) is 7.82. The second-order valence-electron chi connectivity index (χ2n) is 4.48. The topological polar surface area (TPSA) is 67.2 Å². The van der Waals surface area contributed by atoms with E-state index >= 15 is 0 Å². The monoisotopic (exact) mass is 315 g/mol. The van der Waals surface area contributed by atoms with Crippen molar-refractivity contribution in [3.8, 4) is 12.3 Å². The lowest BCUT2D eigenvalue weighted by Crippen LogP contribution is -2.28. The number of nitrogens with one attached hydrogen (secondary N) is 2. The molecule has 6 heteroatoms. The summed E-state index contributed by atoms with van der Waals surface area (Å²) >= 11 is 0. The predicted molar refractivity (Wildman–Crippen MR) is 86.6 cm³/mol. The van der Waals surface area contributed by atoms with Crippen LogP contribution in [0, 0.1) is 12.3 Å². The zero-order valence-corrected chi connectivity index (χ0v) is 12.6. The van der Waals surface area contributed by atoms with Crippen LogP contribution in [0.5, 0.6) is 0 Å². The first kappa shape index (κ1) is 18.8. The fourth-order valence-electron chi connectivity index (χ4n) is 1.86. The van der Waals surface area contributed by atoms with E-state index in [9.17, 15) is 4.79 Å². The van der Waals surface area contributed by atoms with Crippen LogP contribution in [0.1, 0.15) is 17.9 Å². The maximum atomic E-state index is 11.5. The molecule has 0 saturated heterocycles. The molecule has 1 amide bonds. The Morgan fingerprint density at radius 2 is 1.95 bits per heavy atom. The number of carbonyl (C=O) groups excluding carboxylic acids is 1. The van der Waals surface area contributed by atoms with Crippen molar-refractivity contribution in [3.05, 3.63) is 29.8 Å². The van der Waals surface area contributed by atoms with Crippen molar-refractivity contribution in [2.75, 3.05) is 18.4 Å². The van der Waals surface area contributed by atoms with Gasteiger partial charge in [-0.15, -0.1) is 31.2 Å². The van der Waals surface area contributed by atoms with Crippen LogP contribution >= 0.6 is 24.8 Å². The van der Waals surface area contributed by atoms with Gasteiger partial charge in [-0.05, 0) is 24.1 Å². The minimum atomic E-state index is -0.0962. The third-order valence-electron chi connectivity index (χ3n) is 2.98. The fraction of sp³-hybridized carbons (Fsp3) is 0.357. The minimum absolute atomic E-state index is 0. The quantitative estimate of drug-likeness (QED) is 0.570. The third-order valence-corrected chi connectivity index (χ3v) is 2.98. The molecule has 1 aromatic rings. The molecule has 0 spiro atoms. The molecule has 2 rings (SSSR count). The lowest BCUT2D eigenvalue weighted by atomic mass is 10.1. The number of benzene rings is 1. The predicted octanol–water partition coefficient (Wildman–Crippen LogP) is 1.51. The highest BCUT2D eigenvalue weighted by Crippen LogP contribution is 2.39. The van der Waals surface area contributed by atoms with Gasteiger partial charge in [0.2, 0.25) is 5.91 Å². The number of carbonyl (C=O) groups is 1. The SMILES string of the molecule is C#CCNCC(=O)Nc1ccc([C@@H]2C[C@H]2N)cc1.Cl.Cl. The van der Waals surface area contributed by atoms with Crippen LogP contribution in [-0.4, -0.2) is 25.0 Å². The van der Waals surface area contributed by atoms with Gasteiger partial charge in [-0.25, -0.2) is 0 Å². The maximum Gasteiger partial charge on any atom is 0.238 e. The summed E-state index contributed by atoms with van der Waals surface area (Å²) < 4.78 is 0. The van der Waals surface area contributed by atoms with Crippen LogP contribution in [0.25, 0.3) is 0 Å². The van der Waals surface area contributed by atoms with E-state index in [0.29, 0.717) is 18.5 Å². The number of halogens is 2. The Bertz CT molecular complexity index is 470. The molecule has 0 unspecified atom stereocenters. The normalized spacial score (nSPS) is 19.0. The van der Waals surface area contributed by atoms with Gasteiger partial charge in [-0.2, -0.15) is 0 Å². The van der Waals surface area contributed by atoms with E-state index in [4.69, 9.17) is 12.2 Å². The van der Waals surface area contributed by atoms with E-state index in [0.717, 1.165) is 12.1 Å². The second kappa shape index (κ2) is 8.83. The van der Waals surface area contributed by atoms with Crippen molar-refractivity contribution >= 4 is 36.4 Å². The van der Waals surface area contributed by atoms with E-state index in [2.05, 4.69) is 16.6 Å². The van der Waals surface area contributed by atoms with Crippen LogP contribution in [-0.2, 0) is 4.79 Å². The van der Waals surface area contributed by atoms with Gasteiger partial charge < -0.3 is 11.1 Å². The van der Waals surface area contributed by atoms with Gasteiger partial charge in [0.25, 0.3) is 0 Å². The number of rotatable bonds is 5. The van der Waals surface area contributed by atoms with E-state index in [1.165, 1.54) is 5.56 Å². The molecule has 1 aliphatic carbocycles. The van der Waals surface area contributed by atoms with Gasteiger partial charge in [0.1, 0.15) is 0 Å². The molecule has 4 N–H and O–H groups in total. The Balaban J connectivity index is 0.00000180. The summed E-state index contributed by atoms with van der Waals surface area (Å²) in [6.07, 6.45) is 6.13. The molecule has 1 aliphatic rings. The van der Waals surface area contributed by atoms with Gasteiger partial charge in [0, 0.05) is 17.6 Å². The van der Waals surface area contributed by atoms with E-state index in [1.807, 2.05) is 24.3 Å². The number of nitrogens with two attached hydrogens (primary N) is 1. The number of hydrogen-bond acceptors (Lipinski definition) is 3. The zero-order valence-electron chi connectivity index (χ0n) is 11.0. The molecule has 0 aliphatic heterocycles. The molecule has 110 valence electrons. The van der Waals surface area contributed by atoms with Crippen molar-refractivity contribution < 1.29 is 4.79 Å². The molecule has 20 heavy (non-hydrogen) atoms. The Morgan fingerprint density at radius 1 is 1.35 bits per heavy atom. The number of anilines is 1. The molecule has 1 aromatic carbocycles. The number of hydrogen-bond donors (Lipinski definition) is 3. The van der Waals surface area contributed by atoms with E-state index in [-0.39, 0.29) is 37.3 Å². The highest BCUT2D eigenvalue weighted by atomic mass is 35.5. The minimum Gasteiger partial charge on any atom is -0.327 e. The summed E-state index contributed by atoms with van der Waals surface area (Å²) in [5.74, 6) is 2.81. The number of amides is 1. The first-order valence-electron chi connectivity index (χ1n) is 6.00. The van der Waals surface area contributed by atoms with Crippen LogP contribution < -0.4 is 16.4 Å². The Labute approximate surface area is 131 Å². The molecule has 0 radical (unpaired) electrons. The van der Waals surface area contributed by atoms with E-state index in [1.54, 1.807) is 0 Å². The Morgan fingerprint density at radius 3 is 2.45 bits per heavy atom. The lowest BCUT2D eigenvalue weighted by Gasteiger charge is -2.06. The van der Waals surface area contributed by atoms with Gasteiger partial charge >= 0.3 is 0 Å². The lowest BCUT2D eigenvalue weighted by molar-refractivity contribution is -0.115. The molecular weight excluding hydrogens is 297 g/mol. The van der Waals surface area contributed by atoms with Gasteiger partial charge in [-0.3, -0.25) is 10.1 Å². The molecule has 0 aromatic heterocycles. The highest BCUT2D eigenvalue weighted by molar-refractivity contribution is 5.92. The number of terminal acetylenes is 1. The summed E-state index contributed by atoms with van der Waals surface area (Å²) in [6.45, 7) is 0.616. The van der Waals surface area contributed by atoms with Gasteiger partial charge in [-0.1, -0.05) is 18.1 Å². The van der Waals surface area contributed by atoms with Crippen LogP contribution in [0.3, 0.4) is 0 Å². The molecule has 2 atom stereocenters. The summed E-state index contributed by atoms with van der Waals surface area (Å²) in [6, 6.07) is 8.14. The first-order chi connectivity index (χ1) is 8.70. The van der Waals surface area contributed by atoms with Crippen molar-refractivity contribution in [2.45, 2.75) is 18.4 Å². The maximum absolute atomic E-state index is 11.5. The van der Waals surface area contributed by atoms with Gasteiger partial charge in [0.05, 0.1) is 13.1 Å². The zero-order chi connectivity index (χ0) is 13.0.